The highest BCUT2D eigenvalue weighted by Gasteiger charge is 2.21. The van der Waals surface area contributed by atoms with Crippen LogP contribution < -0.4 is 11.3 Å². The molecule has 1 unspecified atom stereocenters. The molecule has 0 spiro atoms. The van der Waals surface area contributed by atoms with Crippen molar-refractivity contribution in [3.05, 3.63) is 34.3 Å². The molecule has 0 amide bonds. The van der Waals surface area contributed by atoms with Gasteiger partial charge in [-0.05, 0) is 30.0 Å². The summed E-state index contributed by atoms with van der Waals surface area (Å²) in [5.74, 6) is 6.17. The van der Waals surface area contributed by atoms with Crippen LogP contribution in [0.25, 0.3) is 0 Å². The fourth-order valence-electron chi connectivity index (χ4n) is 2.12. The quantitative estimate of drug-likeness (QED) is 0.610. The lowest BCUT2D eigenvalue weighted by molar-refractivity contribution is 0.345. The number of aryl methyl sites for hydroxylation is 1. The zero-order chi connectivity index (χ0) is 12.1. The van der Waals surface area contributed by atoms with Gasteiger partial charge in [0.2, 0.25) is 0 Å². The van der Waals surface area contributed by atoms with Crippen LogP contribution in [0.5, 0.6) is 0 Å². The molecule has 1 atom stereocenters. The van der Waals surface area contributed by atoms with E-state index >= 15 is 0 Å². The number of hydrogen-bond donors (Lipinski definition) is 2. The van der Waals surface area contributed by atoms with Gasteiger partial charge in [0.1, 0.15) is 0 Å². The summed E-state index contributed by atoms with van der Waals surface area (Å²) in [5.41, 5.74) is 5.17. The van der Waals surface area contributed by atoms with Gasteiger partial charge in [-0.1, -0.05) is 50.4 Å². The van der Waals surface area contributed by atoms with E-state index in [2.05, 4.69) is 31.4 Å². The third-order valence-corrected chi connectivity index (χ3v) is 3.52. The summed E-state index contributed by atoms with van der Waals surface area (Å²) >= 11 is 6.27. The third kappa shape index (κ3) is 2.97. The van der Waals surface area contributed by atoms with Gasteiger partial charge in [0.25, 0.3) is 0 Å². The van der Waals surface area contributed by atoms with Gasteiger partial charge < -0.3 is 0 Å². The molecule has 1 aromatic carbocycles. The van der Waals surface area contributed by atoms with Crippen LogP contribution in [-0.4, -0.2) is 0 Å². The molecule has 0 aromatic heterocycles. The van der Waals surface area contributed by atoms with Gasteiger partial charge in [-0.3, -0.25) is 11.3 Å². The fourth-order valence-corrected chi connectivity index (χ4v) is 2.48. The average molecular weight is 241 g/mol. The summed E-state index contributed by atoms with van der Waals surface area (Å²) in [6, 6.07) is 6.28. The van der Waals surface area contributed by atoms with Crippen LogP contribution >= 0.6 is 11.6 Å². The Kier molecular flexibility index (Phi) is 5.26. The molecule has 3 N–H and O–H groups in total. The third-order valence-electron chi connectivity index (χ3n) is 3.19. The summed E-state index contributed by atoms with van der Waals surface area (Å²) in [7, 11) is 0. The Balaban J connectivity index is 3.03. The highest BCUT2D eigenvalue weighted by molar-refractivity contribution is 6.31. The lowest BCUT2D eigenvalue weighted by Gasteiger charge is -2.26. The van der Waals surface area contributed by atoms with Crippen molar-refractivity contribution in [3.8, 4) is 0 Å². The number of halogens is 1. The van der Waals surface area contributed by atoms with Gasteiger partial charge in [-0.15, -0.1) is 0 Å². The minimum atomic E-state index is 0.142. The first-order chi connectivity index (χ1) is 7.63. The van der Waals surface area contributed by atoms with E-state index in [0.29, 0.717) is 5.92 Å². The number of nitrogens with one attached hydrogen (secondary N) is 1. The van der Waals surface area contributed by atoms with Crippen LogP contribution in [0.15, 0.2) is 18.2 Å². The van der Waals surface area contributed by atoms with Gasteiger partial charge in [-0.25, -0.2) is 0 Å². The second-order valence-corrected chi connectivity index (χ2v) is 4.65. The summed E-state index contributed by atoms with van der Waals surface area (Å²) < 4.78 is 0. The highest BCUT2D eigenvalue weighted by atomic mass is 35.5. The predicted octanol–water partition coefficient (Wildman–Crippen LogP) is 3.59. The molecule has 0 aliphatic carbocycles. The molecule has 0 bridgehead atoms. The summed E-state index contributed by atoms with van der Waals surface area (Å²) in [6.45, 7) is 6.40. The Labute approximate surface area is 103 Å². The Morgan fingerprint density at radius 3 is 2.38 bits per heavy atom. The van der Waals surface area contributed by atoms with Crippen molar-refractivity contribution in [1.29, 1.82) is 0 Å². The summed E-state index contributed by atoms with van der Waals surface area (Å²) in [6.07, 6.45) is 2.19. The fraction of sp³-hybridized carbons (Fsp3) is 0.538. The predicted molar refractivity (Wildman–Crippen MR) is 70.3 cm³/mol. The maximum absolute atomic E-state index is 6.27. The molecule has 16 heavy (non-hydrogen) atoms. The van der Waals surface area contributed by atoms with Gasteiger partial charge in [-0.2, -0.15) is 0 Å². The van der Waals surface area contributed by atoms with Crippen molar-refractivity contribution < 1.29 is 0 Å². The number of benzene rings is 1. The van der Waals surface area contributed by atoms with Gasteiger partial charge in [0.05, 0.1) is 6.04 Å². The summed E-state index contributed by atoms with van der Waals surface area (Å²) in [5, 5.41) is 0.801. The molecule has 1 rings (SSSR count). The van der Waals surface area contributed by atoms with Crippen LogP contribution in [0.1, 0.15) is 43.9 Å². The highest BCUT2D eigenvalue weighted by Crippen LogP contribution is 2.31. The number of rotatable bonds is 5. The maximum Gasteiger partial charge on any atom is 0.0502 e. The molecule has 0 fully saturated rings. The summed E-state index contributed by atoms with van der Waals surface area (Å²) in [4.78, 5) is 0. The molecule has 0 aliphatic rings. The SMILES string of the molecule is CCC(CC)C(NN)c1ccc(C)cc1Cl. The van der Waals surface area contributed by atoms with E-state index in [4.69, 9.17) is 17.4 Å². The normalized spacial score (nSPS) is 13.1. The number of nitrogens with two attached hydrogens (primary N) is 1. The first-order valence-electron chi connectivity index (χ1n) is 5.86. The van der Waals surface area contributed by atoms with Gasteiger partial charge >= 0.3 is 0 Å². The minimum absolute atomic E-state index is 0.142. The molecule has 0 aliphatic heterocycles. The van der Waals surface area contributed by atoms with E-state index in [1.165, 1.54) is 5.56 Å². The second kappa shape index (κ2) is 6.24. The van der Waals surface area contributed by atoms with Crippen molar-refractivity contribution in [1.82, 2.24) is 5.43 Å². The van der Waals surface area contributed by atoms with Crippen molar-refractivity contribution in [2.45, 2.75) is 39.7 Å². The molecule has 0 radical (unpaired) electrons. The Hall–Kier alpha value is -0.570. The van der Waals surface area contributed by atoms with E-state index in [0.717, 1.165) is 23.4 Å². The van der Waals surface area contributed by atoms with Crippen molar-refractivity contribution in [3.63, 3.8) is 0 Å². The molecule has 90 valence electrons. The van der Waals surface area contributed by atoms with Crippen molar-refractivity contribution >= 4 is 11.6 Å². The number of hydrazine groups is 1. The monoisotopic (exact) mass is 240 g/mol. The van der Waals surface area contributed by atoms with E-state index < -0.39 is 0 Å². The number of hydrogen-bond acceptors (Lipinski definition) is 2. The minimum Gasteiger partial charge on any atom is -0.271 e. The lowest BCUT2D eigenvalue weighted by Crippen LogP contribution is -2.33. The molecule has 2 nitrogen and oxygen atoms in total. The van der Waals surface area contributed by atoms with E-state index in [1.807, 2.05) is 13.0 Å². The van der Waals surface area contributed by atoms with Crippen LogP contribution in [-0.2, 0) is 0 Å². The lowest BCUT2D eigenvalue weighted by atomic mass is 9.89. The zero-order valence-corrected chi connectivity index (χ0v) is 11.0. The van der Waals surface area contributed by atoms with Gasteiger partial charge in [0.15, 0.2) is 0 Å². The molecular weight excluding hydrogens is 220 g/mol. The second-order valence-electron chi connectivity index (χ2n) is 4.25. The topological polar surface area (TPSA) is 38.0 Å². The molecule has 1 aromatic rings. The van der Waals surface area contributed by atoms with Gasteiger partial charge in [0, 0.05) is 5.02 Å². The van der Waals surface area contributed by atoms with Crippen LogP contribution in [0.2, 0.25) is 5.02 Å². The van der Waals surface area contributed by atoms with E-state index in [9.17, 15) is 0 Å². The molecule has 0 saturated heterocycles. The Bertz CT molecular complexity index is 335. The first-order valence-corrected chi connectivity index (χ1v) is 6.24. The zero-order valence-electron chi connectivity index (χ0n) is 10.3. The van der Waals surface area contributed by atoms with E-state index in [1.54, 1.807) is 0 Å². The molecular formula is C13H21ClN2. The molecule has 3 heteroatoms. The van der Waals surface area contributed by atoms with Crippen LogP contribution in [0, 0.1) is 12.8 Å². The molecule has 0 saturated carbocycles. The van der Waals surface area contributed by atoms with E-state index in [-0.39, 0.29) is 6.04 Å². The Morgan fingerprint density at radius 1 is 1.31 bits per heavy atom. The maximum atomic E-state index is 6.27. The van der Waals surface area contributed by atoms with Crippen molar-refractivity contribution in [2.24, 2.45) is 11.8 Å². The standard InChI is InChI=1S/C13H21ClN2/c1-4-10(5-2)13(16-15)11-7-6-9(3)8-12(11)14/h6-8,10,13,16H,4-5,15H2,1-3H3. The average Bonchev–Trinajstić information content (AvgIpc) is 2.27. The smallest absolute Gasteiger partial charge is 0.0502 e. The largest absolute Gasteiger partial charge is 0.271 e. The van der Waals surface area contributed by atoms with Crippen LogP contribution in [0.3, 0.4) is 0 Å². The Morgan fingerprint density at radius 2 is 1.94 bits per heavy atom. The van der Waals surface area contributed by atoms with Crippen molar-refractivity contribution in [2.75, 3.05) is 0 Å². The molecule has 0 heterocycles. The van der Waals surface area contributed by atoms with Crippen LogP contribution in [0.4, 0.5) is 0 Å². The first kappa shape index (κ1) is 13.5.